The first kappa shape index (κ1) is 14.8. The van der Waals surface area contributed by atoms with Gasteiger partial charge in [-0.3, -0.25) is 0 Å². The Bertz CT molecular complexity index is 715. The molecule has 3 aliphatic rings. The smallest absolute Gasteiger partial charge is 0.140 e. The van der Waals surface area contributed by atoms with Crippen molar-refractivity contribution in [1.29, 1.82) is 0 Å². The quantitative estimate of drug-likeness (QED) is 0.684. The van der Waals surface area contributed by atoms with Crippen molar-refractivity contribution in [2.24, 2.45) is 4.99 Å². The van der Waals surface area contributed by atoms with E-state index in [1.807, 2.05) is 18.2 Å². The van der Waals surface area contributed by atoms with Crippen molar-refractivity contribution in [2.45, 2.75) is 12.8 Å². The van der Waals surface area contributed by atoms with Crippen molar-refractivity contribution >= 4 is 17.4 Å². The van der Waals surface area contributed by atoms with Gasteiger partial charge in [0.15, 0.2) is 0 Å². The van der Waals surface area contributed by atoms with Gasteiger partial charge in [0.25, 0.3) is 0 Å². The topological polar surface area (TPSA) is 28.1 Å². The first-order chi connectivity index (χ1) is 11.2. The van der Waals surface area contributed by atoms with Crippen LogP contribution < -0.4 is 4.74 Å². The van der Waals surface area contributed by atoms with Crippen LogP contribution in [-0.2, 0) is 0 Å². The van der Waals surface area contributed by atoms with Crippen molar-refractivity contribution in [1.82, 2.24) is 9.80 Å². The molecular formula is C18H20ClN3O. The van der Waals surface area contributed by atoms with Crippen LogP contribution in [0.3, 0.4) is 0 Å². The van der Waals surface area contributed by atoms with E-state index in [1.54, 1.807) is 0 Å². The summed E-state index contributed by atoms with van der Waals surface area (Å²) in [5.74, 6) is 2.81. The molecule has 5 heteroatoms. The van der Waals surface area contributed by atoms with Gasteiger partial charge in [-0.1, -0.05) is 23.8 Å². The minimum Gasteiger partial charge on any atom is -0.459 e. The van der Waals surface area contributed by atoms with Crippen LogP contribution in [0.25, 0.3) is 0 Å². The van der Waals surface area contributed by atoms with Crippen LogP contribution in [0.2, 0.25) is 5.02 Å². The summed E-state index contributed by atoms with van der Waals surface area (Å²) in [5, 5.41) is 0.715. The van der Waals surface area contributed by atoms with Gasteiger partial charge in [0, 0.05) is 44.0 Å². The summed E-state index contributed by atoms with van der Waals surface area (Å²) < 4.78 is 6.18. The van der Waals surface area contributed by atoms with Crippen LogP contribution in [0.5, 0.6) is 5.75 Å². The number of ether oxygens (including phenoxy) is 1. The molecule has 0 spiro atoms. The number of benzene rings is 1. The number of hydrogen-bond donors (Lipinski definition) is 0. The highest BCUT2D eigenvalue weighted by Crippen LogP contribution is 2.34. The number of rotatable bonds is 0. The molecule has 120 valence electrons. The fraction of sp³-hybridized carbons (Fsp3) is 0.389. The first-order valence-electron chi connectivity index (χ1n) is 8.08. The van der Waals surface area contributed by atoms with E-state index in [0.717, 1.165) is 67.6 Å². The molecule has 1 aromatic rings. The molecule has 1 saturated heterocycles. The van der Waals surface area contributed by atoms with Gasteiger partial charge < -0.3 is 14.5 Å². The van der Waals surface area contributed by atoms with E-state index in [2.05, 4.69) is 29.0 Å². The lowest BCUT2D eigenvalue weighted by Gasteiger charge is -2.34. The van der Waals surface area contributed by atoms with Gasteiger partial charge in [0.2, 0.25) is 0 Å². The molecule has 0 bridgehead atoms. The second kappa shape index (κ2) is 6.02. The SMILES string of the molecule is CN1CCN(C2=NC3=C(CC=CC3)Oc3ccc(Cl)cc32)CC1. The van der Waals surface area contributed by atoms with Crippen molar-refractivity contribution < 1.29 is 4.74 Å². The molecule has 0 atom stereocenters. The summed E-state index contributed by atoms with van der Waals surface area (Å²) in [6.07, 6.45) is 5.94. The van der Waals surface area contributed by atoms with Gasteiger partial charge in [0.1, 0.15) is 17.3 Å². The van der Waals surface area contributed by atoms with E-state index in [9.17, 15) is 0 Å². The summed E-state index contributed by atoms with van der Waals surface area (Å²) >= 11 is 6.25. The lowest BCUT2D eigenvalue weighted by atomic mass is 10.1. The van der Waals surface area contributed by atoms with E-state index >= 15 is 0 Å². The largest absolute Gasteiger partial charge is 0.459 e. The van der Waals surface area contributed by atoms with E-state index in [0.29, 0.717) is 5.02 Å². The Morgan fingerprint density at radius 2 is 1.87 bits per heavy atom. The third kappa shape index (κ3) is 2.89. The molecule has 23 heavy (non-hydrogen) atoms. The molecule has 0 aromatic heterocycles. The fourth-order valence-electron chi connectivity index (χ4n) is 3.17. The Labute approximate surface area is 141 Å². The molecule has 0 unspecified atom stereocenters. The molecule has 0 N–H and O–H groups in total. The van der Waals surface area contributed by atoms with Crippen molar-refractivity contribution in [3.05, 3.63) is 52.4 Å². The number of piperazine rings is 1. The molecule has 0 radical (unpaired) electrons. The summed E-state index contributed by atoms with van der Waals surface area (Å²) in [5.41, 5.74) is 2.03. The number of likely N-dealkylation sites (N-methyl/N-ethyl adjacent to an activating group) is 1. The van der Waals surface area contributed by atoms with Gasteiger partial charge in [0.05, 0.1) is 11.3 Å². The zero-order valence-corrected chi connectivity index (χ0v) is 14.0. The average molecular weight is 330 g/mol. The highest BCUT2D eigenvalue weighted by molar-refractivity contribution is 6.31. The Morgan fingerprint density at radius 1 is 1.09 bits per heavy atom. The standard InChI is InChI=1S/C18H20ClN3O/c1-21-8-10-22(11-9-21)18-14-12-13(19)6-7-16(14)23-17-5-3-2-4-15(17)20-18/h2-3,6-7,12H,4-5,8-11H2,1H3. The molecule has 1 aliphatic carbocycles. The van der Waals surface area contributed by atoms with Gasteiger partial charge >= 0.3 is 0 Å². The molecule has 4 rings (SSSR count). The maximum atomic E-state index is 6.25. The number of aliphatic imine (C=N–C) groups is 1. The number of hydrogen-bond acceptors (Lipinski definition) is 4. The Kier molecular flexibility index (Phi) is 3.87. The molecule has 4 nitrogen and oxygen atoms in total. The molecule has 2 heterocycles. The highest BCUT2D eigenvalue weighted by atomic mass is 35.5. The molecule has 0 saturated carbocycles. The lowest BCUT2D eigenvalue weighted by Crippen LogP contribution is -2.47. The van der Waals surface area contributed by atoms with Gasteiger partial charge in [-0.2, -0.15) is 0 Å². The van der Waals surface area contributed by atoms with Crippen LogP contribution in [0.15, 0.2) is 46.8 Å². The molecular weight excluding hydrogens is 310 g/mol. The number of allylic oxidation sites excluding steroid dienone is 2. The Hall–Kier alpha value is -1.78. The number of halogens is 1. The van der Waals surface area contributed by atoms with Crippen molar-refractivity contribution in [3.8, 4) is 5.75 Å². The third-order valence-corrected chi connectivity index (χ3v) is 4.80. The first-order valence-corrected chi connectivity index (χ1v) is 8.45. The van der Waals surface area contributed by atoms with Crippen molar-refractivity contribution in [3.63, 3.8) is 0 Å². The van der Waals surface area contributed by atoms with Crippen molar-refractivity contribution in [2.75, 3.05) is 33.2 Å². The second-order valence-electron chi connectivity index (χ2n) is 6.22. The average Bonchev–Trinajstić information content (AvgIpc) is 2.72. The molecule has 1 fully saturated rings. The molecule has 1 aromatic carbocycles. The fourth-order valence-corrected chi connectivity index (χ4v) is 3.34. The minimum atomic E-state index is 0.715. The summed E-state index contributed by atoms with van der Waals surface area (Å²) in [6, 6.07) is 5.81. The van der Waals surface area contributed by atoms with E-state index in [1.165, 1.54) is 0 Å². The van der Waals surface area contributed by atoms with Crippen LogP contribution in [-0.4, -0.2) is 48.9 Å². The zero-order chi connectivity index (χ0) is 15.8. The van der Waals surface area contributed by atoms with E-state index in [4.69, 9.17) is 21.3 Å². The predicted molar refractivity (Wildman–Crippen MR) is 93.1 cm³/mol. The third-order valence-electron chi connectivity index (χ3n) is 4.56. The van der Waals surface area contributed by atoms with Crippen LogP contribution in [0, 0.1) is 0 Å². The van der Waals surface area contributed by atoms with Crippen LogP contribution in [0.1, 0.15) is 18.4 Å². The lowest BCUT2D eigenvalue weighted by molar-refractivity contribution is 0.215. The van der Waals surface area contributed by atoms with E-state index in [-0.39, 0.29) is 0 Å². The predicted octanol–water partition coefficient (Wildman–Crippen LogP) is 3.29. The van der Waals surface area contributed by atoms with E-state index < -0.39 is 0 Å². The highest BCUT2D eigenvalue weighted by Gasteiger charge is 2.26. The summed E-state index contributed by atoms with van der Waals surface area (Å²) in [4.78, 5) is 9.70. The summed E-state index contributed by atoms with van der Waals surface area (Å²) in [6.45, 7) is 4.03. The number of fused-ring (bicyclic) bond motifs is 1. The maximum Gasteiger partial charge on any atom is 0.140 e. The van der Waals surface area contributed by atoms with Crippen LogP contribution in [0.4, 0.5) is 0 Å². The summed E-state index contributed by atoms with van der Waals surface area (Å²) in [7, 11) is 2.16. The van der Waals surface area contributed by atoms with Gasteiger partial charge in [-0.15, -0.1) is 0 Å². The minimum absolute atomic E-state index is 0.715. The number of nitrogens with zero attached hydrogens (tertiary/aromatic N) is 3. The van der Waals surface area contributed by atoms with Crippen LogP contribution >= 0.6 is 11.6 Å². The molecule has 2 aliphatic heterocycles. The zero-order valence-electron chi connectivity index (χ0n) is 13.3. The molecule has 0 amide bonds. The second-order valence-corrected chi connectivity index (χ2v) is 6.65. The Morgan fingerprint density at radius 3 is 2.70 bits per heavy atom. The maximum absolute atomic E-state index is 6.25. The Balaban J connectivity index is 1.78. The van der Waals surface area contributed by atoms with Gasteiger partial charge in [-0.05, 0) is 25.2 Å². The normalized spacial score (nSPS) is 21.3. The monoisotopic (exact) mass is 329 g/mol. The number of amidine groups is 1. The van der Waals surface area contributed by atoms with Gasteiger partial charge in [-0.25, -0.2) is 4.99 Å².